The third kappa shape index (κ3) is 3.30. The lowest BCUT2D eigenvalue weighted by Crippen LogP contribution is -2.47. The van der Waals surface area contributed by atoms with Crippen LogP contribution in [0.5, 0.6) is 0 Å². The van der Waals surface area contributed by atoms with Gasteiger partial charge in [0.15, 0.2) is 0 Å². The molecule has 0 bridgehead atoms. The number of piperidine rings is 2. The Balaban J connectivity index is 1.58. The summed E-state index contributed by atoms with van der Waals surface area (Å²) in [5.74, 6) is 0.183. The van der Waals surface area contributed by atoms with E-state index in [0.717, 1.165) is 57.5 Å². The maximum absolute atomic E-state index is 11.5. The highest BCUT2D eigenvalue weighted by molar-refractivity contribution is 5.73. The van der Waals surface area contributed by atoms with E-state index in [1.807, 2.05) is 17.0 Å². The van der Waals surface area contributed by atoms with Gasteiger partial charge in [0.2, 0.25) is 5.91 Å². The summed E-state index contributed by atoms with van der Waals surface area (Å²) in [4.78, 5) is 26.1. The quantitative estimate of drug-likeness (QED) is 0.621. The molecule has 1 amide bonds. The van der Waals surface area contributed by atoms with Crippen LogP contribution in [0, 0.1) is 15.5 Å². The number of carbonyl (C=O) groups is 1. The summed E-state index contributed by atoms with van der Waals surface area (Å²) < 4.78 is 0. The molecule has 2 aliphatic rings. The molecule has 124 valence electrons. The molecule has 0 aromatic heterocycles. The van der Waals surface area contributed by atoms with Crippen molar-refractivity contribution >= 4 is 17.3 Å². The van der Waals surface area contributed by atoms with Gasteiger partial charge in [-0.15, -0.1) is 0 Å². The number of anilines is 1. The van der Waals surface area contributed by atoms with Gasteiger partial charge in [-0.2, -0.15) is 0 Å². The lowest BCUT2D eigenvalue weighted by Gasteiger charge is -2.47. The maximum atomic E-state index is 11.5. The van der Waals surface area contributed by atoms with E-state index in [2.05, 4.69) is 4.90 Å². The van der Waals surface area contributed by atoms with Crippen molar-refractivity contribution in [2.24, 2.45) is 5.41 Å². The topological polar surface area (TPSA) is 66.7 Å². The third-order valence-electron chi connectivity index (χ3n) is 5.52. The van der Waals surface area contributed by atoms with Gasteiger partial charge in [0.25, 0.3) is 5.69 Å². The van der Waals surface area contributed by atoms with Gasteiger partial charge >= 0.3 is 0 Å². The molecule has 2 fully saturated rings. The van der Waals surface area contributed by atoms with Gasteiger partial charge in [-0.05, 0) is 43.2 Å². The average molecular weight is 317 g/mol. The average Bonchev–Trinajstić information content (AvgIpc) is 2.56. The molecule has 6 heteroatoms. The fraction of sp³-hybridized carbons (Fsp3) is 0.588. The van der Waals surface area contributed by atoms with Crippen molar-refractivity contribution in [2.75, 3.05) is 31.1 Å². The molecule has 1 aromatic carbocycles. The first-order chi connectivity index (χ1) is 11.0. The number of rotatable bonds is 2. The largest absolute Gasteiger partial charge is 0.371 e. The Morgan fingerprint density at radius 1 is 1.04 bits per heavy atom. The van der Waals surface area contributed by atoms with E-state index in [1.165, 1.54) is 0 Å². The summed E-state index contributed by atoms with van der Waals surface area (Å²) in [6.07, 6.45) is 4.47. The van der Waals surface area contributed by atoms with Crippen molar-refractivity contribution in [2.45, 2.75) is 32.6 Å². The van der Waals surface area contributed by atoms with Crippen LogP contribution in [0.4, 0.5) is 11.4 Å². The standard InChI is InChI=1S/C17H23N3O3/c1-14(21)18-10-6-17(7-11-18)8-12-19(13-9-17)15-2-4-16(5-3-15)20(22)23/h2-5H,6-13H2,1H3. The van der Waals surface area contributed by atoms with Crippen LogP contribution in [0.25, 0.3) is 0 Å². The molecule has 0 saturated carbocycles. The number of hydrogen-bond donors (Lipinski definition) is 0. The second-order valence-corrected chi connectivity index (χ2v) is 6.77. The van der Waals surface area contributed by atoms with Gasteiger partial charge in [0, 0.05) is 50.9 Å². The molecule has 0 atom stereocenters. The van der Waals surface area contributed by atoms with Crippen molar-refractivity contribution in [3.63, 3.8) is 0 Å². The summed E-state index contributed by atoms with van der Waals surface area (Å²) in [5, 5.41) is 10.7. The van der Waals surface area contributed by atoms with E-state index in [1.54, 1.807) is 19.1 Å². The molecule has 3 rings (SSSR count). The highest BCUT2D eigenvalue weighted by atomic mass is 16.6. The van der Waals surface area contributed by atoms with Crippen LogP contribution in [0.1, 0.15) is 32.6 Å². The number of benzene rings is 1. The predicted molar refractivity (Wildman–Crippen MR) is 88.5 cm³/mol. The van der Waals surface area contributed by atoms with Crippen LogP contribution in [0.3, 0.4) is 0 Å². The number of carbonyl (C=O) groups excluding carboxylic acids is 1. The Morgan fingerprint density at radius 2 is 1.57 bits per heavy atom. The number of nitro benzene ring substituents is 1. The van der Waals surface area contributed by atoms with Crippen LogP contribution < -0.4 is 4.90 Å². The molecular weight excluding hydrogens is 294 g/mol. The minimum atomic E-state index is -0.363. The number of non-ortho nitro benzene ring substituents is 1. The van der Waals surface area contributed by atoms with Crippen LogP contribution in [0.2, 0.25) is 0 Å². The van der Waals surface area contributed by atoms with Crippen LogP contribution in [-0.4, -0.2) is 41.9 Å². The Kier molecular flexibility index (Phi) is 4.24. The highest BCUT2D eigenvalue weighted by Gasteiger charge is 2.38. The molecule has 2 aliphatic heterocycles. The third-order valence-corrected chi connectivity index (χ3v) is 5.52. The molecule has 1 spiro atoms. The molecule has 2 saturated heterocycles. The first kappa shape index (κ1) is 15.8. The van der Waals surface area contributed by atoms with E-state index in [-0.39, 0.29) is 16.5 Å². The number of likely N-dealkylation sites (tertiary alicyclic amines) is 1. The Bertz CT molecular complexity index is 582. The van der Waals surface area contributed by atoms with Crippen LogP contribution >= 0.6 is 0 Å². The second-order valence-electron chi connectivity index (χ2n) is 6.77. The molecule has 1 aromatic rings. The molecule has 23 heavy (non-hydrogen) atoms. The van der Waals surface area contributed by atoms with Gasteiger partial charge in [-0.3, -0.25) is 14.9 Å². The monoisotopic (exact) mass is 317 g/mol. The molecular formula is C17H23N3O3. The van der Waals surface area contributed by atoms with Crippen LogP contribution in [-0.2, 0) is 4.79 Å². The summed E-state index contributed by atoms with van der Waals surface area (Å²) in [5.41, 5.74) is 1.58. The second kappa shape index (κ2) is 6.18. The van der Waals surface area contributed by atoms with Gasteiger partial charge in [-0.25, -0.2) is 0 Å². The predicted octanol–water partition coefficient (Wildman–Crippen LogP) is 2.82. The number of nitro groups is 1. The van der Waals surface area contributed by atoms with Gasteiger partial charge in [-0.1, -0.05) is 0 Å². The summed E-state index contributed by atoms with van der Waals surface area (Å²) in [6, 6.07) is 6.83. The maximum Gasteiger partial charge on any atom is 0.269 e. The lowest BCUT2D eigenvalue weighted by atomic mass is 9.71. The molecule has 6 nitrogen and oxygen atoms in total. The van der Waals surface area contributed by atoms with Crippen molar-refractivity contribution in [1.82, 2.24) is 4.90 Å². The molecule has 0 N–H and O–H groups in total. The fourth-order valence-electron chi connectivity index (χ4n) is 3.82. The SMILES string of the molecule is CC(=O)N1CCC2(CC1)CCN(c1ccc([N+](=O)[O-])cc1)CC2. The Hall–Kier alpha value is -2.11. The van der Waals surface area contributed by atoms with Crippen LogP contribution in [0.15, 0.2) is 24.3 Å². The normalized spacial score (nSPS) is 20.6. The molecule has 0 radical (unpaired) electrons. The zero-order valence-corrected chi connectivity index (χ0v) is 13.5. The zero-order chi connectivity index (χ0) is 16.4. The van der Waals surface area contributed by atoms with E-state index in [9.17, 15) is 14.9 Å². The zero-order valence-electron chi connectivity index (χ0n) is 13.5. The smallest absolute Gasteiger partial charge is 0.269 e. The minimum Gasteiger partial charge on any atom is -0.371 e. The summed E-state index contributed by atoms with van der Waals surface area (Å²) in [6.45, 7) is 5.38. The number of hydrogen-bond acceptors (Lipinski definition) is 4. The Morgan fingerprint density at radius 3 is 2.04 bits per heavy atom. The van der Waals surface area contributed by atoms with Gasteiger partial charge < -0.3 is 9.80 Å². The number of amides is 1. The van der Waals surface area contributed by atoms with Gasteiger partial charge in [0.05, 0.1) is 4.92 Å². The van der Waals surface area contributed by atoms with Crippen molar-refractivity contribution in [1.29, 1.82) is 0 Å². The van der Waals surface area contributed by atoms with Gasteiger partial charge in [0.1, 0.15) is 0 Å². The van der Waals surface area contributed by atoms with Crippen molar-refractivity contribution in [3.05, 3.63) is 34.4 Å². The van der Waals surface area contributed by atoms with Crippen molar-refractivity contribution < 1.29 is 9.72 Å². The van der Waals surface area contributed by atoms with E-state index < -0.39 is 0 Å². The first-order valence-corrected chi connectivity index (χ1v) is 8.24. The lowest BCUT2D eigenvalue weighted by molar-refractivity contribution is -0.384. The van der Waals surface area contributed by atoms with E-state index in [0.29, 0.717) is 5.41 Å². The fourth-order valence-corrected chi connectivity index (χ4v) is 3.82. The minimum absolute atomic E-state index is 0.138. The highest BCUT2D eigenvalue weighted by Crippen LogP contribution is 2.42. The summed E-state index contributed by atoms with van der Waals surface area (Å²) in [7, 11) is 0. The molecule has 0 unspecified atom stereocenters. The molecule has 0 aliphatic carbocycles. The van der Waals surface area contributed by atoms with E-state index >= 15 is 0 Å². The molecule has 2 heterocycles. The van der Waals surface area contributed by atoms with E-state index in [4.69, 9.17) is 0 Å². The summed E-state index contributed by atoms with van der Waals surface area (Å²) >= 11 is 0. The Labute approximate surface area is 136 Å². The van der Waals surface area contributed by atoms with Crippen molar-refractivity contribution in [3.8, 4) is 0 Å². The first-order valence-electron chi connectivity index (χ1n) is 8.24. The number of nitrogens with zero attached hydrogens (tertiary/aromatic N) is 3.